The van der Waals surface area contributed by atoms with Crippen LogP contribution in [0.2, 0.25) is 0 Å². The zero-order valence-corrected chi connectivity index (χ0v) is 18.9. The number of benzene rings is 1. The molecule has 1 aliphatic rings. The molecule has 2 N–H and O–H groups in total. The van der Waals surface area contributed by atoms with E-state index < -0.39 is 0 Å². The summed E-state index contributed by atoms with van der Waals surface area (Å²) in [6, 6.07) is 8.21. The molecule has 1 aromatic heterocycles. The van der Waals surface area contributed by atoms with Crippen molar-refractivity contribution in [2.24, 2.45) is 4.99 Å². The SMILES string of the molecule is CN=C(NCc1nc(C(C)(C)C)cs1)NCC1Cc2ccccc2O1.I. The molecule has 1 aliphatic heterocycles. The molecule has 142 valence electrons. The van der Waals surface area contributed by atoms with E-state index in [0.29, 0.717) is 6.54 Å². The lowest BCUT2D eigenvalue weighted by Gasteiger charge is -2.15. The van der Waals surface area contributed by atoms with Gasteiger partial charge in [-0.05, 0) is 11.6 Å². The Bertz CT molecular complexity index is 729. The molecule has 0 spiro atoms. The van der Waals surface area contributed by atoms with Gasteiger partial charge in [0.2, 0.25) is 0 Å². The predicted molar refractivity (Wildman–Crippen MR) is 119 cm³/mol. The normalized spacial score (nSPS) is 16.5. The van der Waals surface area contributed by atoms with Gasteiger partial charge in [0, 0.05) is 24.3 Å². The lowest BCUT2D eigenvalue weighted by molar-refractivity contribution is 0.235. The number of hydrogen-bond donors (Lipinski definition) is 2. The molecule has 2 heterocycles. The molecule has 1 atom stereocenters. The van der Waals surface area contributed by atoms with Gasteiger partial charge in [-0.15, -0.1) is 35.3 Å². The first kappa shape index (κ1) is 21.0. The largest absolute Gasteiger partial charge is 0.488 e. The molecule has 7 heteroatoms. The summed E-state index contributed by atoms with van der Waals surface area (Å²) in [4.78, 5) is 8.99. The Morgan fingerprint density at radius 1 is 1.31 bits per heavy atom. The van der Waals surface area contributed by atoms with Gasteiger partial charge in [0.25, 0.3) is 0 Å². The van der Waals surface area contributed by atoms with Crippen LogP contribution in [-0.4, -0.2) is 30.6 Å². The van der Waals surface area contributed by atoms with Crippen LogP contribution in [0.15, 0.2) is 34.6 Å². The average Bonchev–Trinajstić information content (AvgIpc) is 3.21. The molecule has 3 rings (SSSR count). The first-order chi connectivity index (χ1) is 12.0. The third-order valence-corrected chi connectivity index (χ3v) is 5.01. The van der Waals surface area contributed by atoms with Crippen LogP contribution in [0, 0.1) is 0 Å². The number of guanidine groups is 1. The molecule has 0 amide bonds. The highest BCUT2D eigenvalue weighted by Crippen LogP contribution is 2.27. The van der Waals surface area contributed by atoms with Gasteiger partial charge in [0.05, 0.1) is 18.8 Å². The van der Waals surface area contributed by atoms with E-state index in [1.807, 2.05) is 12.1 Å². The Kier molecular flexibility index (Phi) is 7.28. The van der Waals surface area contributed by atoms with Crippen LogP contribution in [0.5, 0.6) is 5.75 Å². The van der Waals surface area contributed by atoms with Gasteiger partial charge in [-0.2, -0.15) is 0 Å². The number of halogens is 1. The molecule has 0 aliphatic carbocycles. The van der Waals surface area contributed by atoms with Gasteiger partial charge < -0.3 is 15.4 Å². The van der Waals surface area contributed by atoms with E-state index in [1.165, 1.54) is 5.56 Å². The molecule has 0 bridgehead atoms. The van der Waals surface area contributed by atoms with E-state index in [4.69, 9.17) is 9.72 Å². The van der Waals surface area contributed by atoms with Crippen molar-refractivity contribution in [3.05, 3.63) is 45.9 Å². The number of para-hydroxylation sites is 1. The van der Waals surface area contributed by atoms with Crippen LogP contribution < -0.4 is 15.4 Å². The molecule has 0 saturated heterocycles. The van der Waals surface area contributed by atoms with Crippen molar-refractivity contribution in [1.29, 1.82) is 0 Å². The van der Waals surface area contributed by atoms with Gasteiger partial charge in [0.1, 0.15) is 16.9 Å². The zero-order chi connectivity index (χ0) is 17.9. The van der Waals surface area contributed by atoms with Crippen molar-refractivity contribution >= 4 is 41.3 Å². The summed E-state index contributed by atoms with van der Waals surface area (Å²) in [6.07, 6.45) is 1.07. The van der Waals surface area contributed by atoms with Crippen LogP contribution in [0.3, 0.4) is 0 Å². The van der Waals surface area contributed by atoms with Gasteiger partial charge >= 0.3 is 0 Å². The molecule has 2 aromatic rings. The predicted octanol–water partition coefficient (Wildman–Crippen LogP) is 3.73. The standard InChI is InChI=1S/C19H26N4OS.HI/c1-19(2,3)16-12-25-17(23-16)11-22-18(20-4)21-10-14-9-13-7-5-6-8-15(13)24-14;/h5-8,12,14H,9-11H2,1-4H3,(H2,20,21,22);1H. The zero-order valence-electron chi connectivity index (χ0n) is 15.7. The average molecular weight is 486 g/mol. The minimum absolute atomic E-state index is 0. The fourth-order valence-electron chi connectivity index (χ4n) is 2.69. The maximum absolute atomic E-state index is 5.95. The summed E-state index contributed by atoms with van der Waals surface area (Å²) in [5.74, 6) is 1.77. The van der Waals surface area contributed by atoms with Crippen LogP contribution in [0.4, 0.5) is 0 Å². The van der Waals surface area contributed by atoms with Crippen molar-refractivity contribution in [3.63, 3.8) is 0 Å². The summed E-state index contributed by atoms with van der Waals surface area (Å²) in [5, 5.41) is 9.87. The van der Waals surface area contributed by atoms with Gasteiger partial charge in [-0.1, -0.05) is 39.0 Å². The summed E-state index contributed by atoms with van der Waals surface area (Å²) >= 11 is 1.68. The second-order valence-electron chi connectivity index (χ2n) is 7.23. The maximum Gasteiger partial charge on any atom is 0.191 e. The van der Waals surface area contributed by atoms with Crippen LogP contribution >= 0.6 is 35.3 Å². The summed E-state index contributed by atoms with van der Waals surface area (Å²) in [6.45, 7) is 7.93. The number of ether oxygens (including phenoxy) is 1. The summed E-state index contributed by atoms with van der Waals surface area (Å²) < 4.78 is 5.95. The molecule has 0 saturated carbocycles. The van der Waals surface area contributed by atoms with Crippen molar-refractivity contribution < 1.29 is 4.74 Å². The van der Waals surface area contributed by atoms with E-state index in [-0.39, 0.29) is 35.5 Å². The number of nitrogens with one attached hydrogen (secondary N) is 2. The smallest absolute Gasteiger partial charge is 0.191 e. The highest BCUT2D eigenvalue weighted by molar-refractivity contribution is 14.0. The fourth-order valence-corrected chi connectivity index (χ4v) is 3.66. The highest BCUT2D eigenvalue weighted by Gasteiger charge is 2.22. The Morgan fingerprint density at radius 3 is 2.73 bits per heavy atom. The number of nitrogens with zero attached hydrogens (tertiary/aromatic N) is 2. The Balaban J connectivity index is 0.00000243. The van der Waals surface area contributed by atoms with Crippen LogP contribution in [0.1, 0.15) is 37.0 Å². The number of thiazole rings is 1. The molecule has 0 fully saturated rings. The van der Waals surface area contributed by atoms with E-state index in [1.54, 1.807) is 18.4 Å². The molecule has 26 heavy (non-hydrogen) atoms. The Morgan fingerprint density at radius 2 is 2.08 bits per heavy atom. The first-order valence-electron chi connectivity index (χ1n) is 8.59. The first-order valence-corrected chi connectivity index (χ1v) is 9.47. The van der Waals surface area contributed by atoms with E-state index >= 15 is 0 Å². The molecule has 5 nitrogen and oxygen atoms in total. The minimum Gasteiger partial charge on any atom is -0.488 e. The Hall–Kier alpha value is -1.35. The van der Waals surface area contributed by atoms with Crippen molar-refractivity contribution in [3.8, 4) is 5.75 Å². The topological polar surface area (TPSA) is 58.5 Å². The van der Waals surface area contributed by atoms with Crippen LogP contribution in [-0.2, 0) is 18.4 Å². The summed E-state index contributed by atoms with van der Waals surface area (Å²) in [7, 11) is 1.78. The number of rotatable bonds is 4. The third-order valence-electron chi connectivity index (χ3n) is 4.16. The lowest BCUT2D eigenvalue weighted by Crippen LogP contribution is -2.41. The van der Waals surface area contributed by atoms with Gasteiger partial charge in [-0.3, -0.25) is 4.99 Å². The van der Waals surface area contributed by atoms with E-state index in [9.17, 15) is 0 Å². The summed E-state index contributed by atoms with van der Waals surface area (Å²) in [5.41, 5.74) is 2.49. The van der Waals surface area contributed by atoms with E-state index in [0.717, 1.165) is 35.4 Å². The van der Waals surface area contributed by atoms with Crippen molar-refractivity contribution in [2.45, 2.75) is 45.3 Å². The highest BCUT2D eigenvalue weighted by atomic mass is 127. The Labute approximate surface area is 176 Å². The molecule has 1 unspecified atom stereocenters. The number of hydrogen-bond acceptors (Lipinski definition) is 4. The maximum atomic E-state index is 5.95. The molecular weight excluding hydrogens is 459 g/mol. The van der Waals surface area contributed by atoms with Crippen LogP contribution in [0.25, 0.3) is 0 Å². The molecular formula is C19H27IN4OS. The quantitative estimate of drug-likeness (QED) is 0.393. The number of aromatic nitrogens is 1. The van der Waals surface area contributed by atoms with E-state index in [2.05, 4.69) is 53.9 Å². The van der Waals surface area contributed by atoms with Crippen molar-refractivity contribution in [2.75, 3.05) is 13.6 Å². The molecule has 0 radical (unpaired) electrons. The number of aliphatic imine (C=N–C) groups is 1. The van der Waals surface area contributed by atoms with Crippen molar-refractivity contribution in [1.82, 2.24) is 15.6 Å². The fraction of sp³-hybridized carbons (Fsp3) is 0.474. The second-order valence-corrected chi connectivity index (χ2v) is 8.18. The third kappa shape index (κ3) is 5.33. The van der Waals surface area contributed by atoms with Gasteiger partial charge in [-0.25, -0.2) is 4.98 Å². The number of fused-ring (bicyclic) bond motifs is 1. The second kappa shape index (κ2) is 9.03. The molecule has 1 aromatic carbocycles. The monoisotopic (exact) mass is 486 g/mol. The minimum atomic E-state index is 0. The van der Waals surface area contributed by atoms with Gasteiger partial charge in [0.15, 0.2) is 5.96 Å². The lowest BCUT2D eigenvalue weighted by atomic mass is 9.93.